The molecule has 0 fully saturated rings. The quantitative estimate of drug-likeness (QED) is 0.188. The molecule has 0 aliphatic carbocycles. The van der Waals surface area contributed by atoms with Gasteiger partial charge in [-0.1, -0.05) is 140 Å². The Labute approximate surface area is 298 Å². The summed E-state index contributed by atoms with van der Waals surface area (Å²) in [7, 11) is 0. The first-order valence-corrected chi connectivity index (χ1v) is 17.5. The Balaban J connectivity index is 1.28. The van der Waals surface area contributed by atoms with Crippen LogP contribution in [0.1, 0.15) is 0 Å². The summed E-state index contributed by atoms with van der Waals surface area (Å²) in [6.45, 7) is 0. The standard InChI is InChI=1S/C47H29N5/c1-2-16-36(17-3-1)51-41-20-10-8-18-37(41)39-26-27-40-38-19-9-11-21-42(38)52(44(40)43(39)51)47-49-45(34-24-22-30-12-4-6-14-32(30)28-34)48-46(50-47)35-25-23-31-13-5-7-15-33(31)29-35/h1-29H. The van der Waals surface area contributed by atoms with Crippen LogP contribution in [0.4, 0.5) is 0 Å². The third-order valence-corrected chi connectivity index (χ3v) is 10.3. The Morgan fingerprint density at radius 3 is 1.37 bits per heavy atom. The highest BCUT2D eigenvalue weighted by atomic mass is 15.2. The van der Waals surface area contributed by atoms with Gasteiger partial charge in [0.25, 0.3) is 0 Å². The van der Waals surface area contributed by atoms with E-state index < -0.39 is 0 Å². The lowest BCUT2D eigenvalue weighted by Crippen LogP contribution is -2.07. The fraction of sp³-hybridized carbons (Fsp3) is 0. The van der Waals surface area contributed by atoms with Crippen molar-refractivity contribution < 1.29 is 0 Å². The lowest BCUT2D eigenvalue weighted by molar-refractivity contribution is 0.954. The van der Waals surface area contributed by atoms with Crippen LogP contribution in [-0.4, -0.2) is 24.1 Å². The van der Waals surface area contributed by atoms with Gasteiger partial charge >= 0.3 is 0 Å². The van der Waals surface area contributed by atoms with Gasteiger partial charge in [-0.2, -0.15) is 9.97 Å². The second-order valence-corrected chi connectivity index (χ2v) is 13.3. The van der Waals surface area contributed by atoms with Crippen LogP contribution in [0.5, 0.6) is 0 Å². The number of para-hydroxylation sites is 3. The second-order valence-electron chi connectivity index (χ2n) is 13.3. The SMILES string of the molecule is c1ccc(-n2c3ccccc3c3ccc4c5ccccc5n(-c5nc(-c6ccc7ccccc7c6)nc(-c6ccc7ccccc7c6)n5)c4c32)cc1. The number of hydrogen-bond donors (Lipinski definition) is 0. The number of hydrogen-bond acceptors (Lipinski definition) is 3. The molecule has 0 saturated carbocycles. The maximum atomic E-state index is 5.34. The van der Waals surface area contributed by atoms with Crippen molar-refractivity contribution in [1.29, 1.82) is 0 Å². The van der Waals surface area contributed by atoms with Crippen molar-refractivity contribution in [3.8, 4) is 34.4 Å². The van der Waals surface area contributed by atoms with E-state index in [1.165, 1.54) is 21.5 Å². The molecule has 0 aliphatic rings. The van der Waals surface area contributed by atoms with E-state index in [4.69, 9.17) is 15.0 Å². The molecule has 11 aromatic rings. The van der Waals surface area contributed by atoms with Crippen molar-refractivity contribution in [3.05, 3.63) is 176 Å². The Hall–Kier alpha value is -7.11. The Bertz CT molecular complexity index is 3090. The highest BCUT2D eigenvalue weighted by Gasteiger charge is 2.23. The van der Waals surface area contributed by atoms with E-state index in [9.17, 15) is 0 Å². The highest BCUT2D eigenvalue weighted by Crippen LogP contribution is 2.41. The summed E-state index contributed by atoms with van der Waals surface area (Å²) in [5.74, 6) is 1.83. The van der Waals surface area contributed by atoms with Gasteiger partial charge in [0, 0.05) is 38.4 Å². The Kier molecular flexibility index (Phi) is 6.18. The summed E-state index contributed by atoms with van der Waals surface area (Å²) in [6.07, 6.45) is 0. The molecule has 3 heterocycles. The molecule has 0 radical (unpaired) electrons. The summed E-state index contributed by atoms with van der Waals surface area (Å²) in [6, 6.07) is 62.1. The normalized spacial score (nSPS) is 11.8. The van der Waals surface area contributed by atoms with Crippen LogP contribution < -0.4 is 0 Å². The lowest BCUT2D eigenvalue weighted by Gasteiger charge is -2.13. The summed E-state index contributed by atoms with van der Waals surface area (Å²) < 4.78 is 4.64. The zero-order valence-electron chi connectivity index (χ0n) is 28.0. The van der Waals surface area contributed by atoms with E-state index in [-0.39, 0.29) is 0 Å². The topological polar surface area (TPSA) is 48.5 Å². The summed E-state index contributed by atoms with van der Waals surface area (Å²) in [4.78, 5) is 15.9. The molecule has 11 rings (SSSR count). The molecular formula is C47H29N5. The number of rotatable bonds is 4. The van der Waals surface area contributed by atoms with Crippen LogP contribution in [-0.2, 0) is 0 Å². The van der Waals surface area contributed by atoms with E-state index >= 15 is 0 Å². The molecule has 0 atom stereocenters. The Morgan fingerprint density at radius 1 is 0.327 bits per heavy atom. The number of aromatic nitrogens is 5. The van der Waals surface area contributed by atoms with Crippen molar-refractivity contribution >= 4 is 65.2 Å². The van der Waals surface area contributed by atoms with Crippen LogP contribution in [0.25, 0.3) is 99.6 Å². The van der Waals surface area contributed by atoms with Crippen LogP contribution in [0, 0.1) is 0 Å². The van der Waals surface area contributed by atoms with Crippen molar-refractivity contribution in [2.45, 2.75) is 0 Å². The molecule has 5 heteroatoms. The van der Waals surface area contributed by atoms with E-state index in [0.29, 0.717) is 17.6 Å². The van der Waals surface area contributed by atoms with Gasteiger partial charge in [-0.3, -0.25) is 4.57 Å². The molecular weight excluding hydrogens is 635 g/mol. The molecule has 0 N–H and O–H groups in total. The molecule has 0 aliphatic heterocycles. The van der Waals surface area contributed by atoms with Gasteiger partial charge in [0.1, 0.15) is 0 Å². The predicted octanol–water partition coefficient (Wildman–Crippen LogP) is 11.7. The fourth-order valence-corrected chi connectivity index (χ4v) is 7.93. The predicted molar refractivity (Wildman–Crippen MR) is 214 cm³/mol. The van der Waals surface area contributed by atoms with Gasteiger partial charge in [-0.25, -0.2) is 4.98 Å². The fourth-order valence-electron chi connectivity index (χ4n) is 7.93. The maximum Gasteiger partial charge on any atom is 0.238 e. The van der Waals surface area contributed by atoms with Crippen LogP contribution >= 0.6 is 0 Å². The average molecular weight is 664 g/mol. The van der Waals surface area contributed by atoms with Gasteiger partial charge in [-0.05, 0) is 57.9 Å². The molecule has 242 valence electrons. The molecule has 0 unspecified atom stereocenters. The summed E-state index contributed by atoms with van der Waals surface area (Å²) in [5, 5.41) is 9.29. The number of fused-ring (bicyclic) bond motifs is 9. The van der Waals surface area contributed by atoms with Crippen molar-refractivity contribution in [2.24, 2.45) is 0 Å². The van der Waals surface area contributed by atoms with E-state index in [1.807, 2.05) is 0 Å². The number of nitrogens with zero attached hydrogens (tertiary/aromatic N) is 5. The van der Waals surface area contributed by atoms with Gasteiger partial charge < -0.3 is 4.57 Å². The molecule has 3 aromatic heterocycles. The minimum Gasteiger partial charge on any atom is -0.307 e. The average Bonchev–Trinajstić information content (AvgIpc) is 3.74. The first kappa shape index (κ1) is 28.7. The van der Waals surface area contributed by atoms with Crippen LogP contribution in [0.2, 0.25) is 0 Å². The first-order valence-electron chi connectivity index (χ1n) is 17.5. The third-order valence-electron chi connectivity index (χ3n) is 10.3. The van der Waals surface area contributed by atoms with Gasteiger partial charge in [0.15, 0.2) is 11.6 Å². The summed E-state index contributed by atoms with van der Waals surface area (Å²) >= 11 is 0. The smallest absolute Gasteiger partial charge is 0.238 e. The van der Waals surface area contributed by atoms with Gasteiger partial charge in [-0.15, -0.1) is 0 Å². The minimum atomic E-state index is 0.574. The number of benzene rings is 8. The van der Waals surface area contributed by atoms with Crippen molar-refractivity contribution in [3.63, 3.8) is 0 Å². The highest BCUT2D eigenvalue weighted by molar-refractivity contribution is 6.23. The molecule has 52 heavy (non-hydrogen) atoms. The van der Waals surface area contributed by atoms with E-state index in [2.05, 4.69) is 185 Å². The molecule has 0 saturated heterocycles. The van der Waals surface area contributed by atoms with Gasteiger partial charge in [0.05, 0.1) is 22.1 Å². The Morgan fingerprint density at radius 2 is 0.788 bits per heavy atom. The third kappa shape index (κ3) is 4.33. The van der Waals surface area contributed by atoms with Crippen LogP contribution in [0.3, 0.4) is 0 Å². The van der Waals surface area contributed by atoms with Crippen molar-refractivity contribution in [2.75, 3.05) is 0 Å². The first-order chi connectivity index (χ1) is 25.8. The maximum absolute atomic E-state index is 5.34. The molecule has 0 bridgehead atoms. The monoisotopic (exact) mass is 663 g/mol. The van der Waals surface area contributed by atoms with Crippen molar-refractivity contribution in [1.82, 2.24) is 24.1 Å². The largest absolute Gasteiger partial charge is 0.307 e. The van der Waals surface area contributed by atoms with Crippen LogP contribution in [0.15, 0.2) is 176 Å². The molecule has 0 spiro atoms. The summed E-state index contributed by atoms with van der Waals surface area (Å²) in [5.41, 5.74) is 7.33. The zero-order valence-corrected chi connectivity index (χ0v) is 28.0. The molecule has 0 amide bonds. The van der Waals surface area contributed by atoms with E-state index in [1.54, 1.807) is 0 Å². The lowest BCUT2D eigenvalue weighted by atomic mass is 10.1. The zero-order chi connectivity index (χ0) is 34.2. The minimum absolute atomic E-state index is 0.574. The van der Waals surface area contributed by atoms with E-state index in [0.717, 1.165) is 60.4 Å². The molecule has 5 nitrogen and oxygen atoms in total. The second kappa shape index (κ2) is 11.2. The van der Waals surface area contributed by atoms with Gasteiger partial charge in [0.2, 0.25) is 5.95 Å². The molecule has 8 aromatic carbocycles.